The van der Waals surface area contributed by atoms with Gasteiger partial charge >= 0.3 is 5.97 Å². The molecule has 1 saturated heterocycles. The van der Waals surface area contributed by atoms with Crippen LogP contribution in [0.3, 0.4) is 0 Å². The van der Waals surface area contributed by atoms with Gasteiger partial charge in [0.25, 0.3) is 0 Å². The molecule has 5 nitrogen and oxygen atoms in total. The molecule has 1 fully saturated rings. The minimum atomic E-state index is -0.283. The van der Waals surface area contributed by atoms with Crippen LogP contribution in [0.25, 0.3) is 0 Å². The van der Waals surface area contributed by atoms with E-state index in [0.29, 0.717) is 6.54 Å². The van der Waals surface area contributed by atoms with Crippen molar-refractivity contribution < 1.29 is 14.3 Å². The summed E-state index contributed by atoms with van der Waals surface area (Å²) in [7, 11) is 1.40. The molecule has 126 valence electrons. The summed E-state index contributed by atoms with van der Waals surface area (Å²) in [4.78, 5) is 28.3. The van der Waals surface area contributed by atoms with Crippen molar-refractivity contribution >= 4 is 11.9 Å². The smallest absolute Gasteiger partial charge is 0.323 e. The van der Waals surface area contributed by atoms with E-state index >= 15 is 0 Å². The number of hydrogen-bond acceptors (Lipinski definition) is 4. The van der Waals surface area contributed by atoms with Gasteiger partial charge in [0.1, 0.15) is 6.04 Å². The Balaban J connectivity index is 2.02. The Morgan fingerprint density at radius 1 is 1.30 bits per heavy atom. The normalized spacial score (nSPS) is 18.2. The lowest BCUT2D eigenvalue weighted by Gasteiger charge is -2.30. The molecule has 0 radical (unpaired) electrons. The highest BCUT2D eigenvalue weighted by Crippen LogP contribution is 2.19. The molecule has 0 N–H and O–H groups in total. The maximum absolute atomic E-state index is 12.7. The van der Waals surface area contributed by atoms with Gasteiger partial charge in [0.15, 0.2) is 0 Å². The fourth-order valence-corrected chi connectivity index (χ4v) is 3.02. The van der Waals surface area contributed by atoms with Crippen LogP contribution in [0.1, 0.15) is 32.3 Å². The average molecular weight is 318 g/mol. The van der Waals surface area contributed by atoms with Crippen LogP contribution in [0.15, 0.2) is 30.3 Å². The summed E-state index contributed by atoms with van der Waals surface area (Å²) in [6.07, 6.45) is 1.69. The Morgan fingerprint density at radius 3 is 2.61 bits per heavy atom. The molecule has 0 bridgehead atoms. The number of amides is 1. The predicted octanol–water partition coefficient (Wildman–Crippen LogP) is 2.06. The van der Waals surface area contributed by atoms with Gasteiger partial charge in [-0.05, 0) is 38.8 Å². The number of methoxy groups -OCH3 is 1. The molecular formula is C18H26N2O3. The second-order valence-electron chi connectivity index (χ2n) is 6.25. The van der Waals surface area contributed by atoms with Gasteiger partial charge in [0.05, 0.1) is 13.7 Å². The van der Waals surface area contributed by atoms with Gasteiger partial charge in [-0.1, -0.05) is 30.3 Å². The van der Waals surface area contributed by atoms with Crippen molar-refractivity contribution in [2.75, 3.05) is 20.2 Å². The highest BCUT2D eigenvalue weighted by Gasteiger charge is 2.33. The first kappa shape index (κ1) is 17.5. The van der Waals surface area contributed by atoms with Crippen LogP contribution < -0.4 is 0 Å². The minimum Gasteiger partial charge on any atom is -0.468 e. The number of carbonyl (C=O) groups is 2. The van der Waals surface area contributed by atoms with E-state index in [1.165, 1.54) is 7.11 Å². The summed E-state index contributed by atoms with van der Waals surface area (Å²) in [6.45, 7) is 5.66. The number of carbonyl (C=O) groups excluding carboxylic acids is 2. The Kier molecular flexibility index (Phi) is 6.16. The zero-order valence-corrected chi connectivity index (χ0v) is 14.2. The second kappa shape index (κ2) is 8.11. The molecule has 0 spiro atoms. The largest absolute Gasteiger partial charge is 0.468 e. The number of nitrogens with zero attached hydrogens (tertiary/aromatic N) is 2. The lowest BCUT2D eigenvalue weighted by molar-refractivity contribution is -0.147. The van der Waals surface area contributed by atoms with E-state index in [2.05, 4.69) is 0 Å². The fourth-order valence-electron chi connectivity index (χ4n) is 3.02. The topological polar surface area (TPSA) is 49.9 Å². The number of likely N-dealkylation sites (tertiary alicyclic amines) is 1. The van der Waals surface area contributed by atoms with Gasteiger partial charge in [-0.2, -0.15) is 0 Å². The van der Waals surface area contributed by atoms with Crippen molar-refractivity contribution in [1.29, 1.82) is 0 Å². The Morgan fingerprint density at radius 2 is 2.00 bits per heavy atom. The fraction of sp³-hybridized carbons (Fsp3) is 0.556. The number of ether oxygens (including phenoxy) is 1. The lowest BCUT2D eigenvalue weighted by atomic mass is 10.2. The summed E-state index contributed by atoms with van der Waals surface area (Å²) < 4.78 is 4.84. The summed E-state index contributed by atoms with van der Waals surface area (Å²) in [5.74, 6) is -0.186. The van der Waals surface area contributed by atoms with E-state index in [0.717, 1.165) is 24.9 Å². The molecule has 1 unspecified atom stereocenters. The first-order valence-corrected chi connectivity index (χ1v) is 8.18. The third-order valence-electron chi connectivity index (χ3n) is 4.31. The SMILES string of the molecule is COC(=O)C1CCCN1CC(=O)N(Cc1ccccc1)C(C)C. The highest BCUT2D eigenvalue weighted by atomic mass is 16.5. The average Bonchev–Trinajstić information content (AvgIpc) is 3.00. The van der Waals surface area contributed by atoms with Crippen molar-refractivity contribution in [2.45, 2.75) is 45.3 Å². The molecule has 1 amide bonds. The molecule has 2 rings (SSSR count). The van der Waals surface area contributed by atoms with Gasteiger partial charge in [0, 0.05) is 12.6 Å². The maximum atomic E-state index is 12.7. The van der Waals surface area contributed by atoms with Gasteiger partial charge in [-0.3, -0.25) is 14.5 Å². The lowest BCUT2D eigenvalue weighted by Crippen LogP contribution is -2.46. The third-order valence-corrected chi connectivity index (χ3v) is 4.31. The molecular weight excluding hydrogens is 292 g/mol. The molecule has 0 aromatic heterocycles. The van der Waals surface area contributed by atoms with Crippen LogP contribution in [0.2, 0.25) is 0 Å². The zero-order valence-electron chi connectivity index (χ0n) is 14.2. The van der Waals surface area contributed by atoms with Crippen molar-refractivity contribution in [1.82, 2.24) is 9.80 Å². The van der Waals surface area contributed by atoms with Crippen LogP contribution in [0.4, 0.5) is 0 Å². The number of hydrogen-bond donors (Lipinski definition) is 0. The Bertz CT molecular complexity index is 530. The van der Waals surface area contributed by atoms with E-state index in [1.807, 2.05) is 54.0 Å². The van der Waals surface area contributed by atoms with E-state index in [-0.39, 0.29) is 30.5 Å². The summed E-state index contributed by atoms with van der Waals surface area (Å²) in [5.41, 5.74) is 1.11. The number of rotatable bonds is 6. The summed E-state index contributed by atoms with van der Waals surface area (Å²) in [6, 6.07) is 9.80. The van der Waals surface area contributed by atoms with Crippen LogP contribution in [-0.2, 0) is 20.9 Å². The van der Waals surface area contributed by atoms with E-state index in [4.69, 9.17) is 4.74 Å². The monoisotopic (exact) mass is 318 g/mol. The predicted molar refractivity (Wildman–Crippen MR) is 88.7 cm³/mol. The number of benzene rings is 1. The molecule has 1 aliphatic heterocycles. The van der Waals surface area contributed by atoms with Crippen molar-refractivity contribution in [2.24, 2.45) is 0 Å². The standard InChI is InChI=1S/C18H26N2O3/c1-14(2)20(12-15-8-5-4-6-9-15)17(21)13-19-11-7-10-16(19)18(22)23-3/h4-6,8-9,14,16H,7,10-13H2,1-3H3. The maximum Gasteiger partial charge on any atom is 0.323 e. The van der Waals surface area contributed by atoms with Crippen LogP contribution in [-0.4, -0.2) is 54.0 Å². The zero-order chi connectivity index (χ0) is 16.8. The quantitative estimate of drug-likeness (QED) is 0.753. The number of esters is 1. The molecule has 0 aliphatic carbocycles. The van der Waals surface area contributed by atoms with E-state index in [1.54, 1.807) is 0 Å². The summed E-state index contributed by atoms with van der Waals surface area (Å²) in [5, 5.41) is 0. The second-order valence-corrected chi connectivity index (χ2v) is 6.25. The first-order chi connectivity index (χ1) is 11.0. The minimum absolute atomic E-state index is 0.0552. The highest BCUT2D eigenvalue weighted by molar-refractivity contribution is 5.81. The van der Waals surface area contributed by atoms with Gasteiger partial charge in [-0.25, -0.2) is 0 Å². The molecule has 23 heavy (non-hydrogen) atoms. The molecule has 0 saturated carbocycles. The molecule has 1 aliphatic rings. The first-order valence-electron chi connectivity index (χ1n) is 8.18. The molecule has 1 atom stereocenters. The van der Waals surface area contributed by atoms with Crippen LogP contribution in [0, 0.1) is 0 Å². The Hall–Kier alpha value is -1.88. The third kappa shape index (κ3) is 4.55. The van der Waals surface area contributed by atoms with Crippen LogP contribution >= 0.6 is 0 Å². The van der Waals surface area contributed by atoms with Gasteiger partial charge in [-0.15, -0.1) is 0 Å². The van der Waals surface area contributed by atoms with Crippen molar-refractivity contribution in [3.05, 3.63) is 35.9 Å². The van der Waals surface area contributed by atoms with Crippen molar-refractivity contribution in [3.8, 4) is 0 Å². The van der Waals surface area contributed by atoms with Crippen molar-refractivity contribution in [3.63, 3.8) is 0 Å². The molecule has 1 aromatic carbocycles. The van der Waals surface area contributed by atoms with E-state index in [9.17, 15) is 9.59 Å². The van der Waals surface area contributed by atoms with Gasteiger partial charge in [0.2, 0.25) is 5.91 Å². The molecule has 5 heteroatoms. The van der Waals surface area contributed by atoms with Crippen LogP contribution in [0.5, 0.6) is 0 Å². The van der Waals surface area contributed by atoms with E-state index < -0.39 is 0 Å². The van der Waals surface area contributed by atoms with Gasteiger partial charge < -0.3 is 9.64 Å². The molecule has 1 aromatic rings. The molecule has 1 heterocycles. The Labute approximate surface area is 138 Å². The summed E-state index contributed by atoms with van der Waals surface area (Å²) >= 11 is 0.